The molecule has 264 valence electrons. The van der Waals surface area contributed by atoms with Crippen molar-refractivity contribution < 1.29 is 9.53 Å². The molecule has 18 nitrogen and oxygen atoms in total. The van der Waals surface area contributed by atoms with Crippen LogP contribution in [0.1, 0.15) is 64.1 Å². The molecule has 1 aliphatic rings. The second-order valence-electron chi connectivity index (χ2n) is 8.83. The number of hydrogen-bond acceptors (Lipinski definition) is 16. The third kappa shape index (κ3) is 13.7. The number of ether oxygens (including phenoxy) is 1. The molecule has 45 heavy (non-hydrogen) atoms. The number of aryl methyl sites for hydroxylation is 2. The Morgan fingerprint density at radius 2 is 1.51 bits per heavy atom. The average Bonchev–Trinajstić information content (AvgIpc) is 3.35. The molecule has 0 saturated carbocycles. The predicted molar refractivity (Wildman–Crippen MR) is 186 cm³/mol. The van der Waals surface area contributed by atoms with E-state index in [9.17, 15) is 4.79 Å². The van der Waals surface area contributed by atoms with Crippen LogP contribution in [0.25, 0.3) is 11.4 Å². The van der Waals surface area contributed by atoms with Crippen LogP contribution in [0.15, 0.2) is 36.4 Å². The number of nitrogens with one attached hydrogen (secondary N) is 1. The van der Waals surface area contributed by atoms with Gasteiger partial charge in [-0.25, -0.2) is 4.98 Å². The lowest BCUT2D eigenvalue weighted by Gasteiger charge is -2.33. The van der Waals surface area contributed by atoms with Gasteiger partial charge in [-0.2, -0.15) is 10.4 Å². The molecule has 0 aliphatic carbocycles. The van der Waals surface area contributed by atoms with Crippen molar-refractivity contribution >= 4 is 5.91 Å². The van der Waals surface area contributed by atoms with Crippen LogP contribution >= 0.6 is 0 Å². The SMILES string of the molecule is CCc1cc(C)c(C(=O)N2CCC(c3ccc(C#N)cc3)CC2)cc1-c1n[nH]c(CCOC)n1.N.N.N.N.N.N.N.N.N.N.N. The van der Waals surface area contributed by atoms with E-state index < -0.39 is 0 Å². The summed E-state index contributed by atoms with van der Waals surface area (Å²) >= 11 is 0. The van der Waals surface area contributed by atoms with Gasteiger partial charge < -0.3 is 77.3 Å². The van der Waals surface area contributed by atoms with Crippen LogP contribution in [-0.2, 0) is 17.6 Å². The number of piperidine rings is 1. The van der Waals surface area contributed by atoms with Gasteiger partial charge in [0.25, 0.3) is 5.91 Å². The van der Waals surface area contributed by atoms with Gasteiger partial charge in [-0.3, -0.25) is 9.89 Å². The van der Waals surface area contributed by atoms with Gasteiger partial charge in [0.05, 0.1) is 18.2 Å². The Morgan fingerprint density at radius 1 is 0.956 bits per heavy atom. The Kier molecular flexibility index (Phi) is 37.0. The number of carbonyl (C=O) groups is 1. The van der Waals surface area contributed by atoms with Crippen LogP contribution in [0.2, 0.25) is 0 Å². The summed E-state index contributed by atoms with van der Waals surface area (Å²) in [4.78, 5) is 20.1. The summed E-state index contributed by atoms with van der Waals surface area (Å²) in [5.74, 6) is 1.87. The zero-order valence-electron chi connectivity index (χ0n) is 27.9. The molecule has 0 unspecified atom stereocenters. The summed E-state index contributed by atoms with van der Waals surface area (Å²) in [6, 6.07) is 14.1. The molecule has 0 atom stereocenters. The standard InChI is InChI=1S/C27H31N5O2.11H3N/c1-4-20-15-18(2)23(16-24(20)26-29-25(30-31-26)11-14-34-3)27(33)32-12-9-22(10-13-32)21-7-5-19(17-28)6-8-21;;;;;;;;;;;/h5-8,15-16,22H,4,9-14H2,1-3H3,(H,29,30,31);11*1H3. The second kappa shape index (κ2) is 27.6. The molecular formula is C27H64N16O2. The summed E-state index contributed by atoms with van der Waals surface area (Å²) in [5.41, 5.74) is 5.65. The zero-order valence-corrected chi connectivity index (χ0v) is 27.9. The number of carbonyl (C=O) groups excluding carboxylic acids is 1. The highest BCUT2D eigenvalue weighted by atomic mass is 16.5. The van der Waals surface area contributed by atoms with E-state index >= 15 is 0 Å². The number of nitrogens with zero attached hydrogens (tertiary/aromatic N) is 4. The fourth-order valence-electron chi connectivity index (χ4n) is 4.64. The number of likely N-dealkylation sites (tertiary alicyclic amines) is 1. The first-order valence-electron chi connectivity index (χ1n) is 11.9. The summed E-state index contributed by atoms with van der Waals surface area (Å²) in [7, 11) is 1.66. The number of amides is 1. The lowest BCUT2D eigenvalue weighted by Crippen LogP contribution is -2.38. The maximum Gasteiger partial charge on any atom is 0.254 e. The number of aromatic amines is 1. The van der Waals surface area contributed by atoms with E-state index in [0.29, 0.717) is 35.9 Å². The largest absolute Gasteiger partial charge is 0.384 e. The van der Waals surface area contributed by atoms with Gasteiger partial charge in [0.15, 0.2) is 5.82 Å². The minimum absolute atomic E-state index is 0. The van der Waals surface area contributed by atoms with Crippen LogP contribution in [-0.4, -0.2) is 52.8 Å². The third-order valence-corrected chi connectivity index (χ3v) is 6.67. The Bertz CT molecular complexity index is 1210. The highest BCUT2D eigenvalue weighted by Gasteiger charge is 2.26. The van der Waals surface area contributed by atoms with E-state index in [-0.39, 0.29) is 73.6 Å². The average molecular weight is 645 g/mol. The Balaban J connectivity index is -0.000000207. The topological polar surface area (TPSA) is 480 Å². The van der Waals surface area contributed by atoms with Crippen molar-refractivity contribution in [1.82, 2.24) is 87.7 Å². The van der Waals surface area contributed by atoms with Gasteiger partial charge in [0.2, 0.25) is 0 Å². The molecule has 1 saturated heterocycles. The van der Waals surface area contributed by atoms with Crippen LogP contribution < -0.4 is 67.7 Å². The van der Waals surface area contributed by atoms with Crippen LogP contribution in [0, 0.1) is 18.3 Å². The van der Waals surface area contributed by atoms with Crippen LogP contribution in [0.3, 0.4) is 0 Å². The lowest BCUT2D eigenvalue weighted by atomic mass is 9.88. The number of nitriles is 1. The van der Waals surface area contributed by atoms with Gasteiger partial charge in [0, 0.05) is 37.7 Å². The van der Waals surface area contributed by atoms with Crippen molar-refractivity contribution in [3.63, 3.8) is 0 Å². The summed E-state index contributed by atoms with van der Waals surface area (Å²) in [6.07, 6.45) is 3.33. The molecule has 3 aromatic rings. The number of H-pyrrole nitrogens is 1. The summed E-state index contributed by atoms with van der Waals surface area (Å²) in [5, 5.41) is 16.4. The van der Waals surface area contributed by atoms with Crippen molar-refractivity contribution in [1.29, 1.82) is 5.26 Å². The molecule has 1 aliphatic heterocycles. The fourth-order valence-corrected chi connectivity index (χ4v) is 4.64. The minimum atomic E-state index is 0. The number of benzene rings is 2. The summed E-state index contributed by atoms with van der Waals surface area (Å²) in [6.45, 7) is 6.12. The fraction of sp³-hybridized carbons (Fsp3) is 0.407. The first-order valence-corrected chi connectivity index (χ1v) is 11.9. The van der Waals surface area contributed by atoms with E-state index in [0.717, 1.165) is 54.9 Å². The first-order chi connectivity index (χ1) is 16.5. The molecule has 1 aromatic heterocycles. The number of hydrogen-bond donors (Lipinski definition) is 12. The Morgan fingerprint density at radius 3 is 2.00 bits per heavy atom. The van der Waals surface area contributed by atoms with Crippen molar-refractivity contribution in [3.05, 3.63) is 70.0 Å². The second-order valence-corrected chi connectivity index (χ2v) is 8.83. The molecular weight excluding hydrogens is 580 g/mol. The first kappa shape index (κ1) is 60.3. The van der Waals surface area contributed by atoms with Crippen molar-refractivity contribution in [3.8, 4) is 17.5 Å². The molecule has 1 fully saturated rings. The molecule has 2 heterocycles. The molecule has 2 aromatic carbocycles. The van der Waals surface area contributed by atoms with Crippen LogP contribution in [0.5, 0.6) is 0 Å². The smallest absolute Gasteiger partial charge is 0.254 e. The predicted octanol–water partition coefficient (Wildman–Crippen LogP) is 6.20. The van der Waals surface area contributed by atoms with E-state index in [1.54, 1.807) is 7.11 Å². The highest BCUT2D eigenvalue weighted by Crippen LogP contribution is 2.31. The van der Waals surface area contributed by atoms with E-state index in [1.807, 2.05) is 42.2 Å². The van der Waals surface area contributed by atoms with Gasteiger partial charge >= 0.3 is 0 Å². The molecule has 0 radical (unpaired) electrons. The molecule has 4 rings (SSSR count). The lowest BCUT2D eigenvalue weighted by molar-refractivity contribution is 0.0712. The number of rotatable bonds is 7. The van der Waals surface area contributed by atoms with Crippen molar-refractivity contribution in [2.24, 2.45) is 0 Å². The van der Waals surface area contributed by atoms with Crippen molar-refractivity contribution in [2.75, 3.05) is 26.8 Å². The Labute approximate surface area is 268 Å². The molecule has 1 amide bonds. The van der Waals surface area contributed by atoms with E-state index in [4.69, 9.17) is 10.00 Å². The maximum atomic E-state index is 13.5. The van der Waals surface area contributed by atoms with E-state index in [2.05, 4.69) is 34.2 Å². The summed E-state index contributed by atoms with van der Waals surface area (Å²) < 4.78 is 5.13. The van der Waals surface area contributed by atoms with Gasteiger partial charge in [-0.15, -0.1) is 0 Å². The minimum Gasteiger partial charge on any atom is -0.384 e. The van der Waals surface area contributed by atoms with Gasteiger partial charge in [0.1, 0.15) is 5.82 Å². The monoisotopic (exact) mass is 645 g/mol. The molecule has 34 N–H and O–H groups in total. The highest BCUT2D eigenvalue weighted by molar-refractivity contribution is 5.97. The van der Waals surface area contributed by atoms with E-state index in [1.165, 1.54) is 5.56 Å². The molecule has 18 heteroatoms. The normalized spacial score (nSPS) is 10.8. The Hall–Kier alpha value is -3.94. The quantitative estimate of drug-likeness (QED) is 0.136. The number of methoxy groups -OCH3 is 1. The zero-order chi connectivity index (χ0) is 24.1. The molecule has 0 bridgehead atoms. The molecule has 0 spiro atoms. The number of aromatic nitrogens is 3. The third-order valence-electron chi connectivity index (χ3n) is 6.67. The maximum absolute atomic E-state index is 13.5. The van der Waals surface area contributed by atoms with Gasteiger partial charge in [-0.1, -0.05) is 25.1 Å². The van der Waals surface area contributed by atoms with Crippen LogP contribution in [0.4, 0.5) is 0 Å². The van der Waals surface area contributed by atoms with Gasteiger partial charge in [-0.05, 0) is 67.0 Å². The van der Waals surface area contributed by atoms with Crippen molar-refractivity contribution in [2.45, 2.75) is 45.4 Å².